The SMILES string of the molecule is CN(C)CCCn1cc(Br)c([N+](=O)[O-])n1. The van der Waals surface area contributed by atoms with Gasteiger partial charge in [0.1, 0.15) is 4.47 Å². The zero-order valence-corrected chi connectivity index (χ0v) is 10.3. The number of hydrogen-bond donors (Lipinski definition) is 0. The second-order valence-electron chi connectivity index (χ2n) is 3.48. The molecule has 15 heavy (non-hydrogen) atoms. The van der Waals surface area contributed by atoms with Gasteiger partial charge in [-0.25, -0.2) is 0 Å². The molecule has 0 aliphatic heterocycles. The number of rotatable bonds is 5. The van der Waals surface area contributed by atoms with Crippen LogP contribution >= 0.6 is 15.9 Å². The lowest BCUT2D eigenvalue weighted by Gasteiger charge is -2.07. The van der Waals surface area contributed by atoms with Gasteiger partial charge in [0.2, 0.25) is 0 Å². The number of aromatic nitrogens is 2. The smallest absolute Gasteiger partial charge is 0.358 e. The predicted molar refractivity (Wildman–Crippen MR) is 59.8 cm³/mol. The molecule has 0 aliphatic carbocycles. The summed E-state index contributed by atoms with van der Waals surface area (Å²) in [5.74, 6) is -0.125. The molecule has 0 saturated carbocycles. The number of aryl methyl sites for hydroxylation is 1. The van der Waals surface area contributed by atoms with Crippen molar-refractivity contribution in [2.45, 2.75) is 13.0 Å². The van der Waals surface area contributed by atoms with E-state index in [1.807, 2.05) is 14.1 Å². The third kappa shape index (κ3) is 3.60. The minimum absolute atomic E-state index is 0.125. The van der Waals surface area contributed by atoms with E-state index in [1.165, 1.54) is 0 Å². The summed E-state index contributed by atoms with van der Waals surface area (Å²) in [5, 5.41) is 14.4. The fraction of sp³-hybridized carbons (Fsp3) is 0.625. The first-order chi connectivity index (χ1) is 7.00. The predicted octanol–water partition coefficient (Wildman–Crippen LogP) is 1.51. The van der Waals surface area contributed by atoms with Crippen molar-refractivity contribution in [1.82, 2.24) is 14.7 Å². The normalized spacial score (nSPS) is 10.9. The Balaban J connectivity index is 2.56. The number of hydrogen-bond acceptors (Lipinski definition) is 4. The maximum atomic E-state index is 10.5. The molecule has 6 nitrogen and oxygen atoms in total. The van der Waals surface area contributed by atoms with Crippen molar-refractivity contribution in [3.8, 4) is 0 Å². The van der Waals surface area contributed by atoms with Crippen LogP contribution in [0.15, 0.2) is 10.7 Å². The van der Waals surface area contributed by atoms with Crippen LogP contribution in [-0.4, -0.2) is 40.2 Å². The standard InChI is InChI=1S/C8H13BrN4O2/c1-11(2)4-3-5-12-6-7(9)8(10-12)13(14)15/h6H,3-5H2,1-2H3. The summed E-state index contributed by atoms with van der Waals surface area (Å²) in [6, 6.07) is 0. The van der Waals surface area contributed by atoms with Crippen molar-refractivity contribution in [2.75, 3.05) is 20.6 Å². The molecular weight excluding hydrogens is 264 g/mol. The van der Waals surface area contributed by atoms with Gasteiger partial charge in [0, 0.05) is 0 Å². The topological polar surface area (TPSA) is 64.2 Å². The Morgan fingerprint density at radius 3 is 2.80 bits per heavy atom. The van der Waals surface area contributed by atoms with Crippen LogP contribution in [0.1, 0.15) is 6.42 Å². The molecule has 1 rings (SSSR count). The zero-order valence-electron chi connectivity index (χ0n) is 8.68. The molecule has 7 heteroatoms. The summed E-state index contributed by atoms with van der Waals surface area (Å²) in [6.07, 6.45) is 2.55. The first-order valence-corrected chi connectivity index (χ1v) is 5.32. The van der Waals surface area contributed by atoms with Gasteiger partial charge in [0.25, 0.3) is 0 Å². The molecule has 84 valence electrons. The molecule has 1 aromatic heterocycles. The first kappa shape index (κ1) is 12.1. The van der Waals surface area contributed by atoms with Crippen LogP contribution in [0, 0.1) is 10.1 Å². The highest BCUT2D eigenvalue weighted by molar-refractivity contribution is 9.10. The highest BCUT2D eigenvalue weighted by Gasteiger charge is 2.17. The van der Waals surface area contributed by atoms with Crippen LogP contribution in [0.4, 0.5) is 5.82 Å². The Morgan fingerprint density at radius 1 is 1.67 bits per heavy atom. The summed E-state index contributed by atoms with van der Waals surface area (Å²) in [6.45, 7) is 1.62. The van der Waals surface area contributed by atoms with E-state index in [4.69, 9.17) is 0 Å². The lowest BCUT2D eigenvalue weighted by atomic mass is 10.4. The van der Waals surface area contributed by atoms with Crippen molar-refractivity contribution in [3.05, 3.63) is 20.8 Å². The van der Waals surface area contributed by atoms with Gasteiger partial charge in [-0.3, -0.25) is 0 Å². The Kier molecular flexibility index (Phi) is 4.22. The number of nitro groups is 1. The summed E-state index contributed by atoms with van der Waals surface area (Å²) < 4.78 is 2.02. The molecule has 1 aromatic rings. The second kappa shape index (κ2) is 5.22. The average Bonchev–Trinajstić information content (AvgIpc) is 2.46. The summed E-state index contributed by atoms with van der Waals surface area (Å²) in [4.78, 5) is 12.1. The van der Waals surface area contributed by atoms with E-state index in [1.54, 1.807) is 10.9 Å². The fourth-order valence-electron chi connectivity index (χ4n) is 1.17. The maximum absolute atomic E-state index is 10.5. The minimum atomic E-state index is -0.494. The summed E-state index contributed by atoms with van der Waals surface area (Å²) in [7, 11) is 3.98. The van der Waals surface area contributed by atoms with E-state index in [2.05, 4.69) is 25.9 Å². The van der Waals surface area contributed by atoms with Crippen LogP contribution in [-0.2, 0) is 6.54 Å². The third-order valence-corrected chi connectivity index (χ3v) is 2.42. The van der Waals surface area contributed by atoms with Crippen LogP contribution in [0.3, 0.4) is 0 Å². The molecular formula is C8H13BrN4O2. The highest BCUT2D eigenvalue weighted by atomic mass is 79.9. The second-order valence-corrected chi connectivity index (χ2v) is 4.33. The van der Waals surface area contributed by atoms with Gasteiger partial charge in [-0.15, -0.1) is 0 Å². The molecule has 0 aliphatic rings. The van der Waals surface area contributed by atoms with Gasteiger partial charge in [-0.05, 0) is 47.9 Å². The molecule has 0 unspecified atom stereocenters. The summed E-state index contributed by atoms with van der Waals surface area (Å²) >= 11 is 3.10. The Morgan fingerprint density at radius 2 is 2.33 bits per heavy atom. The number of halogens is 1. The van der Waals surface area contributed by atoms with Gasteiger partial charge < -0.3 is 15.0 Å². The largest absolute Gasteiger partial charge is 0.404 e. The Bertz CT molecular complexity index is 350. The quantitative estimate of drug-likeness (QED) is 0.604. The van der Waals surface area contributed by atoms with E-state index in [9.17, 15) is 10.1 Å². The monoisotopic (exact) mass is 276 g/mol. The van der Waals surface area contributed by atoms with E-state index in [0.29, 0.717) is 11.0 Å². The Labute approximate surface area is 96.1 Å². The van der Waals surface area contributed by atoms with Crippen molar-refractivity contribution < 1.29 is 4.92 Å². The van der Waals surface area contributed by atoms with Gasteiger partial charge in [-0.1, -0.05) is 0 Å². The highest BCUT2D eigenvalue weighted by Crippen LogP contribution is 2.21. The average molecular weight is 277 g/mol. The van der Waals surface area contributed by atoms with E-state index >= 15 is 0 Å². The Hall–Kier alpha value is -0.950. The molecule has 1 heterocycles. The van der Waals surface area contributed by atoms with Crippen LogP contribution in [0.2, 0.25) is 0 Å². The van der Waals surface area contributed by atoms with Crippen molar-refractivity contribution >= 4 is 21.7 Å². The van der Waals surface area contributed by atoms with Crippen molar-refractivity contribution in [3.63, 3.8) is 0 Å². The molecule has 0 aromatic carbocycles. The van der Waals surface area contributed by atoms with E-state index in [0.717, 1.165) is 13.0 Å². The molecule has 0 saturated heterocycles. The van der Waals surface area contributed by atoms with Crippen LogP contribution in [0.25, 0.3) is 0 Å². The molecule has 0 bridgehead atoms. The summed E-state index contributed by atoms with van der Waals surface area (Å²) in [5.41, 5.74) is 0. The zero-order chi connectivity index (χ0) is 11.4. The lowest BCUT2D eigenvalue weighted by Crippen LogP contribution is -2.15. The molecule has 0 N–H and O–H groups in total. The van der Waals surface area contributed by atoms with Crippen molar-refractivity contribution in [1.29, 1.82) is 0 Å². The number of nitrogens with zero attached hydrogens (tertiary/aromatic N) is 4. The maximum Gasteiger partial charge on any atom is 0.404 e. The lowest BCUT2D eigenvalue weighted by molar-refractivity contribution is -0.390. The molecule has 0 fully saturated rings. The molecule has 0 spiro atoms. The van der Waals surface area contributed by atoms with Crippen LogP contribution in [0.5, 0.6) is 0 Å². The molecule has 0 radical (unpaired) electrons. The van der Waals surface area contributed by atoms with E-state index in [-0.39, 0.29) is 5.82 Å². The first-order valence-electron chi connectivity index (χ1n) is 4.53. The van der Waals surface area contributed by atoms with Gasteiger partial charge in [-0.2, -0.15) is 4.68 Å². The van der Waals surface area contributed by atoms with Gasteiger partial charge in [0.05, 0.1) is 17.8 Å². The van der Waals surface area contributed by atoms with E-state index < -0.39 is 4.92 Å². The third-order valence-electron chi connectivity index (χ3n) is 1.86. The molecule has 0 amide bonds. The minimum Gasteiger partial charge on any atom is -0.358 e. The van der Waals surface area contributed by atoms with Gasteiger partial charge >= 0.3 is 5.82 Å². The van der Waals surface area contributed by atoms with Crippen molar-refractivity contribution in [2.24, 2.45) is 0 Å². The van der Waals surface area contributed by atoms with Gasteiger partial charge in [0.15, 0.2) is 0 Å². The fourth-order valence-corrected chi connectivity index (χ4v) is 1.63. The van der Waals surface area contributed by atoms with Crippen LogP contribution < -0.4 is 0 Å². The molecule has 0 atom stereocenters.